The van der Waals surface area contributed by atoms with Crippen LogP contribution in [-0.2, 0) is 4.79 Å². The van der Waals surface area contributed by atoms with Gasteiger partial charge in [0.2, 0.25) is 18.3 Å². The first-order chi connectivity index (χ1) is 14.9. The number of nitrogens with two attached hydrogens (primary N) is 1. The standard InChI is InChI=1S/C23H30F4N4O/c1-22(2,21(24)25)11-15(28)20-29-16-6-5-14(8-17(16)30-20)19(13-3-4-13)31-18(32)7-12-9-23(26,27)10-12/h5-6,8,12-13,15,19,21H,3-4,7,9-11,28H2,1-2H3,(H,29,30)(H,31,32)/t15-,19+/m0/s1. The molecule has 4 N–H and O–H groups in total. The van der Waals surface area contributed by atoms with Crippen LogP contribution < -0.4 is 11.1 Å². The molecule has 5 nitrogen and oxygen atoms in total. The fraction of sp³-hybridized carbons (Fsp3) is 0.652. The lowest BCUT2D eigenvalue weighted by Crippen LogP contribution is -2.39. The summed E-state index contributed by atoms with van der Waals surface area (Å²) in [5.41, 5.74) is 7.23. The second-order valence-electron chi connectivity index (χ2n) is 10.2. The van der Waals surface area contributed by atoms with Gasteiger partial charge in [-0.15, -0.1) is 0 Å². The van der Waals surface area contributed by atoms with Crippen molar-refractivity contribution in [2.45, 2.75) is 76.8 Å². The lowest BCUT2D eigenvalue weighted by atomic mass is 9.79. The van der Waals surface area contributed by atoms with Gasteiger partial charge in [0.05, 0.1) is 23.1 Å². The number of aromatic amines is 1. The second kappa shape index (κ2) is 8.32. The summed E-state index contributed by atoms with van der Waals surface area (Å²) >= 11 is 0. The maximum atomic E-state index is 13.2. The number of carbonyl (C=O) groups excluding carboxylic acids is 1. The molecule has 1 aromatic heterocycles. The van der Waals surface area contributed by atoms with E-state index in [1.807, 2.05) is 18.2 Å². The molecule has 2 aliphatic rings. The van der Waals surface area contributed by atoms with E-state index < -0.39 is 23.8 Å². The summed E-state index contributed by atoms with van der Waals surface area (Å²) in [6, 6.07) is 4.77. The highest BCUT2D eigenvalue weighted by Gasteiger charge is 2.46. The molecule has 4 rings (SSSR count). The van der Waals surface area contributed by atoms with E-state index >= 15 is 0 Å². The summed E-state index contributed by atoms with van der Waals surface area (Å²) in [6.45, 7) is 2.96. The van der Waals surface area contributed by atoms with E-state index in [-0.39, 0.29) is 43.6 Å². The molecule has 0 spiro atoms. The number of amides is 1. The average Bonchev–Trinajstić information content (AvgIpc) is 3.41. The predicted molar refractivity (Wildman–Crippen MR) is 113 cm³/mol. The van der Waals surface area contributed by atoms with Crippen molar-refractivity contribution in [3.63, 3.8) is 0 Å². The molecule has 1 heterocycles. The van der Waals surface area contributed by atoms with Gasteiger partial charge in [-0.3, -0.25) is 4.79 Å². The number of imidazole rings is 1. The van der Waals surface area contributed by atoms with Crippen LogP contribution in [0.5, 0.6) is 0 Å². The second-order valence-corrected chi connectivity index (χ2v) is 10.2. The number of aromatic nitrogens is 2. The maximum absolute atomic E-state index is 13.2. The monoisotopic (exact) mass is 454 g/mol. The Balaban J connectivity index is 1.46. The molecule has 2 aromatic rings. The van der Waals surface area contributed by atoms with Gasteiger partial charge in [0.25, 0.3) is 0 Å². The number of hydrogen-bond acceptors (Lipinski definition) is 3. The van der Waals surface area contributed by atoms with Crippen LogP contribution in [0.3, 0.4) is 0 Å². The minimum Gasteiger partial charge on any atom is -0.349 e. The molecule has 1 aromatic carbocycles. The third-order valence-corrected chi connectivity index (χ3v) is 6.63. The largest absolute Gasteiger partial charge is 0.349 e. The molecular weight excluding hydrogens is 424 g/mol. The molecule has 1 amide bonds. The van der Waals surface area contributed by atoms with Gasteiger partial charge in [0.15, 0.2) is 0 Å². The van der Waals surface area contributed by atoms with Crippen molar-refractivity contribution in [3.8, 4) is 0 Å². The Morgan fingerprint density at radius 1 is 1.31 bits per heavy atom. The van der Waals surface area contributed by atoms with Gasteiger partial charge >= 0.3 is 0 Å². The average molecular weight is 455 g/mol. The maximum Gasteiger partial charge on any atom is 0.248 e. The van der Waals surface area contributed by atoms with Gasteiger partial charge in [-0.2, -0.15) is 0 Å². The van der Waals surface area contributed by atoms with E-state index in [2.05, 4.69) is 15.3 Å². The summed E-state index contributed by atoms with van der Waals surface area (Å²) < 4.78 is 52.5. The number of halogens is 4. The van der Waals surface area contributed by atoms with E-state index in [4.69, 9.17) is 5.73 Å². The van der Waals surface area contributed by atoms with Crippen molar-refractivity contribution in [2.24, 2.45) is 23.0 Å². The van der Waals surface area contributed by atoms with Crippen LogP contribution in [0.4, 0.5) is 17.6 Å². The Morgan fingerprint density at radius 2 is 2.00 bits per heavy atom. The molecule has 176 valence electrons. The number of H-pyrrole nitrogens is 1. The lowest BCUT2D eigenvalue weighted by Gasteiger charge is -2.34. The normalized spacial score (nSPS) is 20.9. The van der Waals surface area contributed by atoms with Crippen LogP contribution in [0, 0.1) is 17.3 Å². The van der Waals surface area contributed by atoms with E-state index in [1.165, 1.54) is 13.8 Å². The van der Waals surface area contributed by atoms with E-state index in [9.17, 15) is 22.4 Å². The Bertz CT molecular complexity index is 978. The van der Waals surface area contributed by atoms with E-state index in [0.29, 0.717) is 17.3 Å². The number of rotatable bonds is 9. The van der Waals surface area contributed by atoms with Gasteiger partial charge in [-0.05, 0) is 48.8 Å². The first kappa shape index (κ1) is 23.0. The molecule has 9 heteroatoms. The molecule has 32 heavy (non-hydrogen) atoms. The minimum absolute atomic E-state index is 0.0817. The molecular formula is C23H30F4N4O. The van der Waals surface area contributed by atoms with Crippen molar-refractivity contribution in [1.82, 2.24) is 15.3 Å². The van der Waals surface area contributed by atoms with Crippen molar-refractivity contribution in [2.75, 3.05) is 0 Å². The van der Waals surface area contributed by atoms with Crippen LogP contribution in [0.15, 0.2) is 18.2 Å². The number of hydrogen-bond donors (Lipinski definition) is 3. The van der Waals surface area contributed by atoms with Crippen LogP contribution in [0.2, 0.25) is 0 Å². The molecule has 0 unspecified atom stereocenters. The molecule has 2 aliphatic carbocycles. The molecule has 2 saturated carbocycles. The summed E-state index contributed by atoms with van der Waals surface area (Å²) in [7, 11) is 0. The highest BCUT2D eigenvalue weighted by Crippen LogP contribution is 2.45. The molecule has 0 aliphatic heterocycles. The summed E-state index contributed by atoms with van der Waals surface area (Å²) in [5.74, 6) is -2.33. The van der Waals surface area contributed by atoms with E-state index in [1.54, 1.807) is 0 Å². The molecule has 0 bridgehead atoms. The van der Waals surface area contributed by atoms with Gasteiger partial charge < -0.3 is 16.0 Å². The zero-order chi connectivity index (χ0) is 23.3. The van der Waals surface area contributed by atoms with Gasteiger partial charge in [0, 0.05) is 24.7 Å². The molecule has 0 saturated heterocycles. The third-order valence-electron chi connectivity index (χ3n) is 6.63. The van der Waals surface area contributed by atoms with Crippen molar-refractivity contribution >= 4 is 16.9 Å². The van der Waals surface area contributed by atoms with Gasteiger partial charge in [-0.25, -0.2) is 22.5 Å². The fourth-order valence-corrected chi connectivity index (χ4v) is 4.50. The summed E-state index contributed by atoms with van der Waals surface area (Å²) in [6.07, 6.45) is -0.750. The zero-order valence-electron chi connectivity index (χ0n) is 18.3. The first-order valence-electron chi connectivity index (χ1n) is 11.1. The molecule has 0 radical (unpaired) electrons. The van der Waals surface area contributed by atoms with Crippen molar-refractivity contribution in [3.05, 3.63) is 29.6 Å². The molecule has 2 atom stereocenters. The highest BCUT2D eigenvalue weighted by atomic mass is 19.3. The summed E-state index contributed by atoms with van der Waals surface area (Å²) in [5, 5.41) is 3.03. The van der Waals surface area contributed by atoms with Crippen LogP contribution in [0.25, 0.3) is 11.0 Å². The van der Waals surface area contributed by atoms with Crippen molar-refractivity contribution < 1.29 is 22.4 Å². The van der Waals surface area contributed by atoms with Crippen LogP contribution in [0.1, 0.15) is 75.8 Å². The number of benzene rings is 1. The van der Waals surface area contributed by atoms with Gasteiger partial charge in [0.1, 0.15) is 5.82 Å². The Morgan fingerprint density at radius 3 is 2.59 bits per heavy atom. The Labute approximate surface area is 184 Å². The Kier molecular flexibility index (Phi) is 5.98. The number of fused-ring (bicyclic) bond motifs is 1. The topological polar surface area (TPSA) is 83.8 Å². The summed E-state index contributed by atoms with van der Waals surface area (Å²) in [4.78, 5) is 20.1. The van der Waals surface area contributed by atoms with Crippen LogP contribution >= 0.6 is 0 Å². The first-order valence-corrected chi connectivity index (χ1v) is 11.1. The van der Waals surface area contributed by atoms with Crippen LogP contribution in [-0.4, -0.2) is 28.2 Å². The number of nitrogens with one attached hydrogen (secondary N) is 2. The number of carbonyl (C=O) groups is 1. The number of nitrogens with zero attached hydrogens (tertiary/aromatic N) is 1. The highest BCUT2D eigenvalue weighted by molar-refractivity contribution is 5.78. The lowest BCUT2D eigenvalue weighted by molar-refractivity contribution is -0.134. The number of alkyl halides is 4. The SMILES string of the molecule is CC(C)(C[C@H](N)c1nc2ccc([C@H](NC(=O)CC3CC(F)(F)C3)C3CC3)cc2[nH]1)C(F)F. The molecule has 2 fully saturated rings. The quantitative estimate of drug-likeness (QED) is 0.453. The Hall–Kier alpha value is -2.16. The predicted octanol–water partition coefficient (Wildman–Crippen LogP) is 5.25. The van der Waals surface area contributed by atoms with E-state index in [0.717, 1.165) is 23.9 Å². The van der Waals surface area contributed by atoms with Gasteiger partial charge in [-0.1, -0.05) is 19.9 Å². The fourth-order valence-electron chi connectivity index (χ4n) is 4.50. The third kappa shape index (κ3) is 5.08. The smallest absolute Gasteiger partial charge is 0.248 e. The minimum atomic E-state index is -2.63. The zero-order valence-corrected chi connectivity index (χ0v) is 18.3. The van der Waals surface area contributed by atoms with Crippen molar-refractivity contribution in [1.29, 1.82) is 0 Å².